The van der Waals surface area contributed by atoms with E-state index in [0.717, 1.165) is 72.9 Å². The molecule has 0 fully saturated rings. The number of rotatable bonds is 4. The second-order valence-electron chi connectivity index (χ2n) is 13.2. The van der Waals surface area contributed by atoms with Gasteiger partial charge in [-0.25, -0.2) is 15.0 Å². The summed E-state index contributed by atoms with van der Waals surface area (Å²) in [5, 5.41) is 4.68. The van der Waals surface area contributed by atoms with Crippen LogP contribution in [0.4, 0.5) is 0 Å². The Morgan fingerprint density at radius 3 is 1.65 bits per heavy atom. The molecule has 0 spiro atoms. The molecule has 7 aromatic carbocycles. The van der Waals surface area contributed by atoms with Crippen LogP contribution in [0.5, 0.6) is 0 Å². The van der Waals surface area contributed by atoms with Gasteiger partial charge in [-0.15, -0.1) is 0 Å². The van der Waals surface area contributed by atoms with Crippen molar-refractivity contribution in [3.05, 3.63) is 169 Å². The van der Waals surface area contributed by atoms with Crippen molar-refractivity contribution in [1.82, 2.24) is 19.5 Å². The van der Waals surface area contributed by atoms with E-state index in [2.05, 4.69) is 102 Å². The molecule has 0 radical (unpaired) electrons. The van der Waals surface area contributed by atoms with Crippen LogP contribution < -0.4 is 0 Å². The van der Waals surface area contributed by atoms with Gasteiger partial charge in [0.15, 0.2) is 23.1 Å². The topological polar surface area (TPSA) is 56.7 Å². The molecule has 10 aromatic rings. The van der Waals surface area contributed by atoms with Crippen molar-refractivity contribution < 1.29 is 4.42 Å². The maximum absolute atomic E-state index is 7.04. The second kappa shape index (κ2) is 10.8. The Bertz CT molecular complexity index is 2880. The van der Waals surface area contributed by atoms with Gasteiger partial charge in [-0.1, -0.05) is 133 Å². The number of nitrogens with zero attached hydrogens (tertiary/aromatic N) is 4. The lowest BCUT2D eigenvalue weighted by Crippen LogP contribution is -2.00. The predicted octanol–water partition coefficient (Wildman–Crippen LogP) is 11.4. The van der Waals surface area contributed by atoms with E-state index in [1.54, 1.807) is 0 Å². The Hall–Kier alpha value is -6.85. The Labute approximate surface area is 293 Å². The van der Waals surface area contributed by atoms with Gasteiger partial charge in [0.2, 0.25) is 0 Å². The summed E-state index contributed by atoms with van der Waals surface area (Å²) in [7, 11) is 0. The van der Waals surface area contributed by atoms with Gasteiger partial charge in [-0.3, -0.25) is 0 Å². The zero-order valence-electron chi connectivity index (χ0n) is 27.4. The molecule has 5 nitrogen and oxygen atoms in total. The number of hydrogen-bond donors (Lipinski definition) is 0. The molecule has 0 aliphatic heterocycles. The molecule has 51 heavy (non-hydrogen) atoms. The number of furan rings is 1. The summed E-state index contributed by atoms with van der Waals surface area (Å²) >= 11 is 0. The van der Waals surface area contributed by atoms with Crippen LogP contribution in [-0.2, 0) is 6.42 Å². The fraction of sp³-hybridized carbons (Fsp3) is 0.0217. The van der Waals surface area contributed by atoms with E-state index in [-0.39, 0.29) is 0 Å². The predicted molar refractivity (Wildman–Crippen MR) is 206 cm³/mol. The first-order valence-corrected chi connectivity index (χ1v) is 17.2. The molecule has 0 saturated heterocycles. The molecule has 238 valence electrons. The SMILES string of the molecule is c1ccc(-c2nc(-c3ccccc3)nc(-c3ccc4c(c3)-c3c(ccc5c3oc3c(-n6c7ccccc7c7ccccc76)cccc35)C4)n2)cc1. The normalized spacial score (nSPS) is 12.2. The first-order chi connectivity index (χ1) is 25.3. The molecule has 1 aliphatic carbocycles. The zero-order valence-corrected chi connectivity index (χ0v) is 27.4. The summed E-state index contributed by atoms with van der Waals surface area (Å²) in [6, 6.07) is 55.0. The number of para-hydroxylation sites is 3. The molecule has 0 amide bonds. The third kappa shape index (κ3) is 4.25. The van der Waals surface area contributed by atoms with Crippen molar-refractivity contribution in [2.24, 2.45) is 0 Å². The number of hydrogen-bond acceptors (Lipinski definition) is 4. The van der Waals surface area contributed by atoms with E-state index in [1.807, 2.05) is 60.7 Å². The molecule has 3 aromatic heterocycles. The molecule has 0 unspecified atom stereocenters. The van der Waals surface area contributed by atoms with Crippen LogP contribution in [0.25, 0.3) is 94.7 Å². The standard InChI is InChI=1S/C46H28N4O/c1-3-12-28(13-4-1)44-47-45(29-14-5-2-6-15-29)49-46(48-44)32-23-22-30-26-31-24-25-36-35-18-11-21-40(42(35)51-43(36)41(31)37(30)27-32)50-38-19-9-7-16-33(38)34-17-8-10-20-39(34)50/h1-25,27H,26H2. The Balaban J connectivity index is 1.11. The minimum absolute atomic E-state index is 0.643. The highest BCUT2D eigenvalue weighted by atomic mass is 16.3. The molecule has 3 heterocycles. The lowest BCUT2D eigenvalue weighted by Gasteiger charge is -2.10. The van der Waals surface area contributed by atoms with Crippen LogP contribution in [0.1, 0.15) is 11.1 Å². The average Bonchev–Trinajstić information content (AvgIpc) is 3.88. The maximum atomic E-state index is 7.04. The monoisotopic (exact) mass is 652 g/mol. The van der Waals surface area contributed by atoms with Gasteiger partial charge in [-0.2, -0.15) is 0 Å². The van der Waals surface area contributed by atoms with Gasteiger partial charge >= 0.3 is 0 Å². The van der Waals surface area contributed by atoms with Gasteiger partial charge in [0, 0.05) is 43.8 Å². The van der Waals surface area contributed by atoms with Gasteiger partial charge in [-0.05, 0) is 47.4 Å². The summed E-state index contributed by atoms with van der Waals surface area (Å²) in [5.41, 5.74) is 12.8. The maximum Gasteiger partial charge on any atom is 0.164 e. The highest BCUT2D eigenvalue weighted by Crippen LogP contribution is 2.47. The molecular formula is C46H28N4O. The Morgan fingerprint density at radius 1 is 0.431 bits per heavy atom. The van der Waals surface area contributed by atoms with Crippen LogP contribution in [-0.4, -0.2) is 19.5 Å². The first kappa shape index (κ1) is 28.0. The van der Waals surface area contributed by atoms with Crippen LogP contribution in [0, 0.1) is 0 Å². The van der Waals surface area contributed by atoms with Crippen molar-refractivity contribution in [3.63, 3.8) is 0 Å². The van der Waals surface area contributed by atoms with Crippen LogP contribution in [0.2, 0.25) is 0 Å². The first-order valence-electron chi connectivity index (χ1n) is 17.2. The van der Waals surface area contributed by atoms with E-state index < -0.39 is 0 Å². The minimum atomic E-state index is 0.643. The van der Waals surface area contributed by atoms with Gasteiger partial charge in [0.05, 0.1) is 16.7 Å². The molecule has 1 aliphatic rings. The molecule has 0 N–H and O–H groups in total. The highest BCUT2D eigenvalue weighted by Gasteiger charge is 2.26. The van der Waals surface area contributed by atoms with Gasteiger partial charge in [0.1, 0.15) is 5.58 Å². The molecule has 11 rings (SSSR count). The summed E-state index contributed by atoms with van der Waals surface area (Å²) in [6.07, 6.45) is 0.847. The number of aromatic nitrogens is 4. The largest absolute Gasteiger partial charge is 0.453 e. The van der Waals surface area contributed by atoms with Crippen LogP contribution >= 0.6 is 0 Å². The molecule has 5 heteroatoms. The van der Waals surface area contributed by atoms with E-state index in [0.29, 0.717) is 17.5 Å². The summed E-state index contributed by atoms with van der Waals surface area (Å²) in [4.78, 5) is 14.9. The summed E-state index contributed by atoms with van der Waals surface area (Å²) in [5.74, 6) is 1.94. The zero-order chi connectivity index (χ0) is 33.5. The van der Waals surface area contributed by atoms with E-state index >= 15 is 0 Å². The van der Waals surface area contributed by atoms with E-state index in [4.69, 9.17) is 19.4 Å². The summed E-state index contributed by atoms with van der Waals surface area (Å²) in [6.45, 7) is 0. The van der Waals surface area contributed by atoms with Crippen molar-refractivity contribution in [2.75, 3.05) is 0 Å². The lowest BCUT2D eigenvalue weighted by atomic mass is 10.00. The number of benzene rings is 7. The fourth-order valence-electron chi connectivity index (χ4n) is 7.93. The minimum Gasteiger partial charge on any atom is -0.453 e. The Kier molecular flexibility index (Phi) is 5.95. The smallest absolute Gasteiger partial charge is 0.164 e. The number of fused-ring (bicyclic) bond motifs is 10. The van der Waals surface area contributed by atoms with E-state index in [9.17, 15) is 0 Å². The average molecular weight is 653 g/mol. The fourth-order valence-corrected chi connectivity index (χ4v) is 7.93. The second-order valence-corrected chi connectivity index (χ2v) is 13.2. The van der Waals surface area contributed by atoms with E-state index in [1.165, 1.54) is 21.9 Å². The summed E-state index contributed by atoms with van der Waals surface area (Å²) < 4.78 is 9.39. The van der Waals surface area contributed by atoms with Crippen molar-refractivity contribution in [2.45, 2.75) is 6.42 Å². The van der Waals surface area contributed by atoms with Crippen LogP contribution in [0.3, 0.4) is 0 Å². The highest BCUT2D eigenvalue weighted by molar-refractivity contribution is 6.15. The third-order valence-corrected chi connectivity index (χ3v) is 10.3. The Morgan fingerprint density at radius 2 is 0.980 bits per heavy atom. The van der Waals surface area contributed by atoms with Crippen molar-refractivity contribution in [3.8, 4) is 51.0 Å². The van der Waals surface area contributed by atoms with Crippen molar-refractivity contribution in [1.29, 1.82) is 0 Å². The third-order valence-electron chi connectivity index (χ3n) is 10.3. The molecule has 0 atom stereocenters. The van der Waals surface area contributed by atoms with Gasteiger partial charge in [0.25, 0.3) is 0 Å². The molecular weight excluding hydrogens is 625 g/mol. The molecule has 0 bridgehead atoms. The molecule has 0 saturated carbocycles. The van der Waals surface area contributed by atoms with Gasteiger partial charge < -0.3 is 8.98 Å². The quantitative estimate of drug-likeness (QED) is 0.190. The lowest BCUT2D eigenvalue weighted by molar-refractivity contribution is 0.667. The van der Waals surface area contributed by atoms with Crippen molar-refractivity contribution >= 4 is 43.7 Å². The van der Waals surface area contributed by atoms with Crippen LogP contribution in [0.15, 0.2) is 162 Å².